The highest BCUT2D eigenvalue weighted by Gasteiger charge is 2.39. The minimum atomic E-state index is -2.07. The number of anilines is 1. The van der Waals surface area contributed by atoms with Gasteiger partial charge < -0.3 is 34.4 Å². The quantitative estimate of drug-likeness (QED) is 0.359. The Morgan fingerprint density at radius 2 is 1.82 bits per heavy atom. The van der Waals surface area contributed by atoms with Gasteiger partial charge in [-0.1, -0.05) is 26.3 Å². The molecule has 45 heavy (non-hydrogen) atoms. The van der Waals surface area contributed by atoms with Crippen LogP contribution in [0.4, 0.5) is 19.7 Å². The van der Waals surface area contributed by atoms with Gasteiger partial charge in [0.25, 0.3) is 0 Å². The fourth-order valence-corrected chi connectivity index (χ4v) is 5.93. The Morgan fingerprint density at radius 1 is 1.09 bits per heavy atom. The van der Waals surface area contributed by atoms with Gasteiger partial charge in [-0.25, -0.2) is 14.0 Å². The lowest BCUT2D eigenvalue weighted by Crippen LogP contribution is -2.48. The van der Waals surface area contributed by atoms with Crippen molar-refractivity contribution in [3.05, 3.63) is 47.3 Å². The molecule has 3 aliphatic heterocycles. The van der Waals surface area contributed by atoms with E-state index in [0.29, 0.717) is 50.3 Å². The molecule has 0 radical (unpaired) electrons. The van der Waals surface area contributed by atoms with E-state index in [2.05, 4.69) is 4.90 Å². The highest BCUT2D eigenvalue weighted by atomic mass is 19.1. The van der Waals surface area contributed by atoms with Crippen LogP contribution in [0.1, 0.15) is 52.0 Å². The second-order valence-electron chi connectivity index (χ2n) is 12.4. The van der Waals surface area contributed by atoms with E-state index >= 15 is 0 Å². The van der Waals surface area contributed by atoms with Crippen molar-refractivity contribution in [3.8, 4) is 0 Å². The van der Waals surface area contributed by atoms with Gasteiger partial charge in [-0.2, -0.15) is 0 Å². The Balaban J connectivity index is 1.59. The Labute approximate surface area is 264 Å². The third-order valence-electron chi connectivity index (χ3n) is 8.96. The lowest BCUT2D eigenvalue weighted by molar-refractivity contribution is -0.205. The first-order chi connectivity index (χ1) is 21.4. The molecule has 2 N–H and O–H groups in total. The second-order valence-corrected chi connectivity index (χ2v) is 12.4. The number of carbonyl (C=O) groups excluding carboxylic acids is 3. The Morgan fingerprint density at radius 3 is 2.53 bits per heavy atom. The van der Waals surface area contributed by atoms with Crippen molar-refractivity contribution in [3.63, 3.8) is 0 Å². The summed E-state index contributed by atoms with van der Waals surface area (Å²) in [5.41, 5.74) is 0.972. The average Bonchev–Trinajstić information content (AvgIpc) is 3.36. The standard InChI is InChI=1S/C33H47FN4O7/c1-23-7-5-6-8-30(40)45-33(43,24(2)9-10-29(23)44-32(42)37-13-11-35(4)12-14-37)25(3)19-26-20-27(34)22-28(21-26)38-16-15-36(17-18-39)31(38)41/h9-10,19-24,29,39,43H,5-8,11-18H2,1-4H3/b10-9+,25-19+/t23-,24-,29-,33-/m0/s1. The molecule has 0 aliphatic carbocycles. The van der Waals surface area contributed by atoms with Gasteiger partial charge in [-0.3, -0.25) is 9.69 Å². The number of cyclic esters (lactones) is 1. The summed E-state index contributed by atoms with van der Waals surface area (Å²) in [5, 5.41) is 21.1. The smallest absolute Gasteiger partial charge is 0.410 e. The number of hydrogen-bond donors (Lipinski definition) is 2. The number of β-amino-alcohol motifs (C(OH)–C–C–N with tert-alkyl or cyclic N) is 1. The molecule has 11 nitrogen and oxygen atoms in total. The van der Waals surface area contributed by atoms with Gasteiger partial charge in [0, 0.05) is 63.8 Å². The summed E-state index contributed by atoms with van der Waals surface area (Å²) in [6.45, 7) is 8.80. The number of benzene rings is 1. The largest absolute Gasteiger partial charge is 0.442 e. The normalized spacial score (nSPS) is 28.4. The summed E-state index contributed by atoms with van der Waals surface area (Å²) in [7, 11) is 2.01. The van der Waals surface area contributed by atoms with Crippen LogP contribution >= 0.6 is 0 Å². The molecule has 0 saturated carbocycles. The zero-order chi connectivity index (χ0) is 32.7. The van der Waals surface area contributed by atoms with Gasteiger partial charge in [-0.05, 0) is 74.2 Å². The fraction of sp³-hybridized carbons (Fsp3) is 0.606. The molecule has 1 aromatic carbocycles. The first kappa shape index (κ1) is 34.4. The van der Waals surface area contributed by atoms with Crippen molar-refractivity contribution in [2.45, 2.75) is 58.3 Å². The fourth-order valence-electron chi connectivity index (χ4n) is 5.93. The maximum absolute atomic E-state index is 14.8. The Hall–Kier alpha value is -3.48. The SMILES string of the molecule is C/C(=C\c1cc(F)cc(N2CCN(CCO)C2=O)c1)[C@@]1(O)OC(=O)CCCC[C@H](C)[C@@H](OC(=O)N2CCN(C)CC2)/C=C/[C@@H]1C. The van der Waals surface area contributed by atoms with Crippen LogP contribution in [0, 0.1) is 17.7 Å². The highest BCUT2D eigenvalue weighted by molar-refractivity contribution is 5.94. The molecule has 0 unspecified atom stereocenters. The number of amides is 3. The predicted molar refractivity (Wildman–Crippen MR) is 168 cm³/mol. The van der Waals surface area contributed by atoms with E-state index in [4.69, 9.17) is 9.47 Å². The van der Waals surface area contributed by atoms with E-state index in [0.717, 1.165) is 19.5 Å². The van der Waals surface area contributed by atoms with Crippen molar-refractivity contribution in [1.29, 1.82) is 0 Å². The molecule has 0 bridgehead atoms. The first-order valence-corrected chi connectivity index (χ1v) is 15.8. The Kier molecular flexibility index (Phi) is 11.6. The first-order valence-electron chi connectivity index (χ1n) is 15.8. The molecule has 3 heterocycles. The summed E-state index contributed by atoms with van der Waals surface area (Å²) in [4.78, 5) is 45.5. The van der Waals surface area contributed by atoms with Gasteiger partial charge in [0.1, 0.15) is 11.9 Å². The summed E-state index contributed by atoms with van der Waals surface area (Å²) < 4.78 is 26.5. The van der Waals surface area contributed by atoms with Gasteiger partial charge in [0.2, 0.25) is 5.79 Å². The number of aliphatic hydroxyl groups excluding tert-OH is 1. The van der Waals surface area contributed by atoms with Crippen LogP contribution in [-0.2, 0) is 14.3 Å². The zero-order valence-electron chi connectivity index (χ0n) is 26.8. The van der Waals surface area contributed by atoms with Crippen molar-refractivity contribution >= 4 is 29.9 Å². The lowest BCUT2D eigenvalue weighted by Gasteiger charge is -2.35. The predicted octanol–water partition coefficient (Wildman–Crippen LogP) is 3.85. The number of nitrogens with zero attached hydrogens (tertiary/aromatic N) is 4. The van der Waals surface area contributed by atoms with Gasteiger partial charge in [-0.15, -0.1) is 0 Å². The molecule has 4 atom stereocenters. The molecule has 2 saturated heterocycles. The molecular formula is C33H47FN4O7. The summed E-state index contributed by atoms with van der Waals surface area (Å²) in [6.07, 6.45) is 6.18. The monoisotopic (exact) mass is 630 g/mol. The van der Waals surface area contributed by atoms with Crippen LogP contribution in [-0.4, -0.2) is 114 Å². The minimum absolute atomic E-state index is 0.0163. The maximum Gasteiger partial charge on any atom is 0.410 e. The number of likely N-dealkylation sites (N-methyl/N-ethyl adjacent to an activating group) is 1. The lowest BCUT2D eigenvalue weighted by atomic mass is 9.89. The number of halogens is 1. The number of carbonyl (C=O) groups is 3. The molecule has 0 spiro atoms. The molecule has 2 fully saturated rings. The van der Waals surface area contributed by atoms with E-state index < -0.39 is 29.6 Å². The number of esters is 1. The van der Waals surface area contributed by atoms with E-state index in [1.165, 1.54) is 28.0 Å². The highest BCUT2D eigenvalue weighted by Crippen LogP contribution is 2.33. The molecule has 1 aromatic rings. The third kappa shape index (κ3) is 8.62. The molecule has 0 aromatic heterocycles. The molecule has 12 heteroatoms. The molecule has 3 amide bonds. The molecule has 4 rings (SSSR count). The maximum atomic E-state index is 14.8. The number of ether oxygens (including phenoxy) is 2. The number of hydrogen-bond acceptors (Lipinski definition) is 8. The van der Waals surface area contributed by atoms with Crippen molar-refractivity contribution < 1.29 is 38.5 Å². The van der Waals surface area contributed by atoms with E-state index in [9.17, 15) is 29.0 Å². The van der Waals surface area contributed by atoms with Gasteiger partial charge in [0.05, 0.1) is 6.61 Å². The number of urea groups is 1. The van der Waals surface area contributed by atoms with Crippen LogP contribution < -0.4 is 4.90 Å². The van der Waals surface area contributed by atoms with Crippen molar-refractivity contribution in [1.82, 2.24) is 14.7 Å². The summed E-state index contributed by atoms with van der Waals surface area (Å²) >= 11 is 0. The van der Waals surface area contributed by atoms with E-state index in [1.807, 2.05) is 14.0 Å². The number of aliphatic hydroxyl groups is 2. The van der Waals surface area contributed by atoms with Crippen molar-refractivity contribution in [2.75, 3.05) is 64.4 Å². The van der Waals surface area contributed by atoms with Crippen LogP contribution in [0.5, 0.6) is 0 Å². The third-order valence-corrected chi connectivity index (χ3v) is 8.96. The topological polar surface area (TPSA) is 123 Å². The molecular weight excluding hydrogens is 583 g/mol. The van der Waals surface area contributed by atoms with Crippen molar-refractivity contribution in [2.24, 2.45) is 11.8 Å². The summed E-state index contributed by atoms with van der Waals surface area (Å²) in [6, 6.07) is 3.83. The van der Waals surface area contributed by atoms with Crippen LogP contribution in [0.25, 0.3) is 6.08 Å². The van der Waals surface area contributed by atoms with E-state index in [-0.39, 0.29) is 43.2 Å². The minimum Gasteiger partial charge on any atom is -0.442 e. The van der Waals surface area contributed by atoms with E-state index in [1.54, 1.807) is 37.0 Å². The zero-order valence-corrected chi connectivity index (χ0v) is 26.8. The van der Waals surface area contributed by atoms with Crippen LogP contribution in [0.15, 0.2) is 35.9 Å². The number of piperazine rings is 1. The van der Waals surface area contributed by atoms with Gasteiger partial charge >= 0.3 is 18.1 Å². The van der Waals surface area contributed by atoms with Gasteiger partial charge in [0.15, 0.2) is 0 Å². The molecule has 3 aliphatic rings. The summed E-state index contributed by atoms with van der Waals surface area (Å²) in [5.74, 6) is -3.97. The Bertz CT molecular complexity index is 1280. The van der Waals surface area contributed by atoms with Crippen LogP contribution in [0.3, 0.4) is 0 Å². The number of rotatable bonds is 6. The van der Waals surface area contributed by atoms with Crippen LogP contribution in [0.2, 0.25) is 0 Å². The average molecular weight is 631 g/mol. The molecule has 248 valence electrons. The second kappa shape index (κ2) is 15.2.